The van der Waals surface area contributed by atoms with Crippen molar-refractivity contribution in [3.8, 4) is 22.6 Å². The summed E-state index contributed by atoms with van der Waals surface area (Å²) in [5.41, 5.74) is 4.02. The van der Waals surface area contributed by atoms with Crippen LogP contribution in [0.3, 0.4) is 0 Å². The normalized spacial score (nSPS) is 11.1. The van der Waals surface area contributed by atoms with Crippen LogP contribution in [0.1, 0.15) is 5.56 Å². The zero-order chi connectivity index (χ0) is 21.2. The van der Waals surface area contributed by atoms with Crippen molar-refractivity contribution in [3.63, 3.8) is 0 Å². The van der Waals surface area contributed by atoms with Crippen molar-refractivity contribution in [2.24, 2.45) is 0 Å². The van der Waals surface area contributed by atoms with Gasteiger partial charge in [-0.1, -0.05) is 78.0 Å². The molecule has 0 fully saturated rings. The van der Waals surface area contributed by atoms with Crippen LogP contribution in [0, 0.1) is 0 Å². The van der Waals surface area contributed by atoms with E-state index in [-0.39, 0.29) is 11.3 Å². The fourth-order valence-electron chi connectivity index (χ4n) is 3.42. The van der Waals surface area contributed by atoms with Crippen molar-refractivity contribution in [1.29, 1.82) is 0 Å². The molecule has 0 saturated carbocycles. The smallest absolute Gasteiger partial charge is 0.277 e. The van der Waals surface area contributed by atoms with Crippen molar-refractivity contribution in [1.82, 2.24) is 15.2 Å². The Hall–Kier alpha value is -3.35. The van der Waals surface area contributed by atoms with Gasteiger partial charge in [-0.25, -0.2) is 0 Å². The molecule has 1 N–H and O–H groups in total. The van der Waals surface area contributed by atoms with Gasteiger partial charge in [-0.15, -0.1) is 10.2 Å². The summed E-state index contributed by atoms with van der Waals surface area (Å²) < 4.78 is 5.75. The molecule has 2 heterocycles. The molecule has 0 bridgehead atoms. The Morgan fingerprint density at radius 2 is 1.77 bits per heavy atom. The Labute approximate surface area is 187 Å². The largest absolute Gasteiger partial charge is 0.411 e. The number of nitrogens with zero attached hydrogens (tertiary/aromatic N) is 2. The SMILES string of the molecule is O=c1c(-c2nnc(SCc3cccc(Cl)c3)o2)c[nH]c2c(-c3ccccc3)cccc12. The highest BCUT2D eigenvalue weighted by Gasteiger charge is 2.16. The topological polar surface area (TPSA) is 71.8 Å². The van der Waals surface area contributed by atoms with E-state index in [1.807, 2.05) is 66.7 Å². The van der Waals surface area contributed by atoms with Gasteiger partial charge in [0.15, 0.2) is 0 Å². The molecule has 2 aromatic heterocycles. The Balaban J connectivity index is 1.46. The van der Waals surface area contributed by atoms with E-state index in [1.54, 1.807) is 12.3 Å². The van der Waals surface area contributed by atoms with Crippen LogP contribution < -0.4 is 5.43 Å². The van der Waals surface area contributed by atoms with Crippen molar-refractivity contribution in [2.75, 3.05) is 0 Å². The van der Waals surface area contributed by atoms with E-state index in [0.717, 1.165) is 22.2 Å². The molecule has 5 nitrogen and oxygen atoms in total. The van der Waals surface area contributed by atoms with E-state index >= 15 is 0 Å². The Morgan fingerprint density at radius 1 is 0.935 bits per heavy atom. The number of thioether (sulfide) groups is 1. The zero-order valence-electron chi connectivity index (χ0n) is 16.2. The standard InChI is InChI=1S/C24H16ClN3O2S/c25-17-9-4-6-15(12-17)14-31-24-28-27-23(30-24)20-13-26-21-18(16-7-2-1-3-8-16)10-5-11-19(21)22(20)29/h1-13H,14H2,(H,26,29). The van der Waals surface area contributed by atoms with E-state index in [2.05, 4.69) is 15.2 Å². The van der Waals surface area contributed by atoms with Crippen LogP contribution in [0.5, 0.6) is 0 Å². The molecule has 0 aliphatic carbocycles. The quantitative estimate of drug-likeness (QED) is 0.326. The van der Waals surface area contributed by atoms with Gasteiger partial charge in [-0.2, -0.15) is 0 Å². The predicted molar refractivity (Wildman–Crippen MR) is 124 cm³/mol. The number of halogens is 1. The lowest BCUT2D eigenvalue weighted by atomic mass is 10.0. The molecule has 0 unspecified atom stereocenters. The minimum Gasteiger partial charge on any atom is -0.411 e. The molecular weight excluding hydrogens is 430 g/mol. The lowest BCUT2D eigenvalue weighted by Gasteiger charge is -2.07. The van der Waals surface area contributed by atoms with Crippen molar-refractivity contribution in [3.05, 3.63) is 99.8 Å². The summed E-state index contributed by atoms with van der Waals surface area (Å²) in [6, 6.07) is 23.2. The fourth-order valence-corrected chi connectivity index (χ4v) is 4.34. The molecule has 0 spiro atoms. The first-order valence-electron chi connectivity index (χ1n) is 9.60. The first-order chi connectivity index (χ1) is 15.2. The molecule has 0 saturated heterocycles. The maximum atomic E-state index is 13.2. The van der Waals surface area contributed by atoms with Crippen LogP contribution >= 0.6 is 23.4 Å². The average Bonchev–Trinajstić information content (AvgIpc) is 3.27. The highest BCUT2D eigenvalue weighted by atomic mass is 35.5. The van der Waals surface area contributed by atoms with Gasteiger partial charge in [0.2, 0.25) is 5.43 Å². The molecule has 0 aliphatic heterocycles. The number of nitrogens with one attached hydrogen (secondary N) is 1. The van der Waals surface area contributed by atoms with Crippen LogP contribution in [-0.4, -0.2) is 15.2 Å². The maximum absolute atomic E-state index is 13.2. The highest BCUT2D eigenvalue weighted by Crippen LogP contribution is 2.28. The average molecular weight is 446 g/mol. The number of hydrogen-bond acceptors (Lipinski definition) is 5. The molecule has 0 atom stereocenters. The van der Waals surface area contributed by atoms with Crippen LogP contribution in [0.25, 0.3) is 33.5 Å². The van der Waals surface area contributed by atoms with Crippen LogP contribution in [0.15, 0.2) is 93.4 Å². The summed E-state index contributed by atoms with van der Waals surface area (Å²) in [6.07, 6.45) is 1.63. The maximum Gasteiger partial charge on any atom is 0.277 e. The second-order valence-electron chi connectivity index (χ2n) is 6.92. The number of para-hydroxylation sites is 1. The van der Waals surface area contributed by atoms with Gasteiger partial charge >= 0.3 is 0 Å². The molecule has 0 aliphatic rings. The Kier molecular flexibility index (Phi) is 5.32. The number of hydrogen-bond donors (Lipinski definition) is 1. The lowest BCUT2D eigenvalue weighted by Crippen LogP contribution is -2.07. The van der Waals surface area contributed by atoms with E-state index in [1.165, 1.54) is 11.8 Å². The van der Waals surface area contributed by atoms with Gasteiger partial charge < -0.3 is 9.40 Å². The van der Waals surface area contributed by atoms with Gasteiger partial charge in [-0.3, -0.25) is 4.79 Å². The summed E-state index contributed by atoms with van der Waals surface area (Å²) in [4.78, 5) is 16.4. The third-order valence-electron chi connectivity index (χ3n) is 4.89. The van der Waals surface area contributed by atoms with Gasteiger partial charge in [-0.05, 0) is 29.3 Å². The number of aromatic amines is 1. The second-order valence-corrected chi connectivity index (χ2v) is 8.28. The summed E-state index contributed by atoms with van der Waals surface area (Å²) >= 11 is 7.42. The van der Waals surface area contributed by atoms with E-state index in [4.69, 9.17) is 16.0 Å². The van der Waals surface area contributed by atoms with Gasteiger partial charge in [0.05, 0.1) is 5.52 Å². The predicted octanol–water partition coefficient (Wildman–Crippen LogP) is 6.19. The van der Waals surface area contributed by atoms with Crippen LogP contribution in [0.2, 0.25) is 5.02 Å². The van der Waals surface area contributed by atoms with Crippen molar-refractivity contribution in [2.45, 2.75) is 11.0 Å². The number of H-pyrrole nitrogens is 1. The van der Waals surface area contributed by atoms with Gasteiger partial charge in [0.25, 0.3) is 11.1 Å². The van der Waals surface area contributed by atoms with E-state index < -0.39 is 0 Å². The van der Waals surface area contributed by atoms with Gasteiger partial charge in [0, 0.05) is 27.9 Å². The molecule has 0 radical (unpaired) electrons. The number of pyridine rings is 1. The summed E-state index contributed by atoms with van der Waals surface area (Å²) in [6.45, 7) is 0. The minimum atomic E-state index is -0.151. The Bertz CT molecular complexity index is 1430. The summed E-state index contributed by atoms with van der Waals surface area (Å²) in [5, 5.41) is 9.81. The molecule has 0 amide bonds. The molecule has 7 heteroatoms. The highest BCUT2D eigenvalue weighted by molar-refractivity contribution is 7.98. The molecule has 31 heavy (non-hydrogen) atoms. The minimum absolute atomic E-state index is 0.151. The Morgan fingerprint density at radius 3 is 2.61 bits per heavy atom. The van der Waals surface area contributed by atoms with Crippen LogP contribution in [-0.2, 0) is 5.75 Å². The van der Waals surface area contributed by atoms with E-state index in [9.17, 15) is 4.79 Å². The van der Waals surface area contributed by atoms with Gasteiger partial charge in [0.1, 0.15) is 5.56 Å². The molecule has 152 valence electrons. The first-order valence-corrected chi connectivity index (χ1v) is 11.0. The summed E-state index contributed by atoms with van der Waals surface area (Å²) in [7, 11) is 0. The molecule has 5 rings (SSSR count). The third-order valence-corrected chi connectivity index (χ3v) is 6.01. The second kappa shape index (κ2) is 8.41. The number of rotatable bonds is 5. The number of aromatic nitrogens is 3. The van der Waals surface area contributed by atoms with Crippen molar-refractivity contribution < 1.29 is 4.42 Å². The van der Waals surface area contributed by atoms with Crippen molar-refractivity contribution >= 4 is 34.3 Å². The third kappa shape index (κ3) is 4.00. The number of benzene rings is 3. The van der Waals surface area contributed by atoms with E-state index in [0.29, 0.717) is 26.9 Å². The molecule has 5 aromatic rings. The monoisotopic (exact) mass is 445 g/mol. The fraction of sp³-hybridized carbons (Fsp3) is 0.0417. The van der Waals surface area contributed by atoms with Crippen LogP contribution in [0.4, 0.5) is 0 Å². The number of fused-ring (bicyclic) bond motifs is 1. The zero-order valence-corrected chi connectivity index (χ0v) is 17.8. The summed E-state index contributed by atoms with van der Waals surface area (Å²) in [5.74, 6) is 0.832. The molecule has 3 aromatic carbocycles. The first kappa shape index (κ1) is 19.6. The molecular formula is C24H16ClN3O2S. The lowest BCUT2D eigenvalue weighted by molar-refractivity contribution is 0.465.